The van der Waals surface area contributed by atoms with E-state index in [-0.39, 0.29) is 102 Å². The highest BCUT2D eigenvalue weighted by atomic mass is 19.4. The monoisotopic (exact) mass is 1530 g/mol. The molecule has 12 amide bonds. The van der Waals surface area contributed by atoms with E-state index in [1.54, 1.807) is 19.9 Å². The Morgan fingerprint density at radius 2 is 1.26 bits per heavy atom. The topological polar surface area (TPSA) is 289 Å². The Hall–Kier alpha value is -6.91. The molecule has 29 heteroatoms. The molecule has 0 aromatic carbocycles. The van der Waals surface area contributed by atoms with Crippen molar-refractivity contribution in [3.8, 4) is 0 Å². The first-order valence-corrected chi connectivity index (χ1v) is 40.0. The van der Waals surface area contributed by atoms with Crippen molar-refractivity contribution in [3.05, 3.63) is 12.2 Å². The fourth-order valence-electron chi connectivity index (χ4n) is 18.4. The molecule has 3 saturated carbocycles. The number of halogens is 3. The number of ether oxygens (including phenoxy) is 2. The molecule has 1 spiro atoms. The summed E-state index contributed by atoms with van der Waals surface area (Å²) < 4.78 is 54.7. The molecule has 7 heterocycles. The third-order valence-electron chi connectivity index (χ3n) is 25.1. The summed E-state index contributed by atoms with van der Waals surface area (Å²) in [5.41, 5.74) is -2.20. The molecule has 3 N–H and O–H groups in total. The lowest BCUT2D eigenvalue weighted by molar-refractivity contribution is -0.215. The van der Waals surface area contributed by atoms with Crippen LogP contribution in [0.2, 0.25) is 0 Å². The quantitative estimate of drug-likeness (QED) is 0.171. The lowest BCUT2D eigenvalue weighted by Gasteiger charge is -2.54. The highest BCUT2D eigenvalue weighted by molar-refractivity contribution is 6.01. The van der Waals surface area contributed by atoms with E-state index in [0.717, 1.165) is 44.9 Å². The first-order chi connectivity index (χ1) is 50.9. The van der Waals surface area contributed by atoms with Crippen molar-refractivity contribution in [2.24, 2.45) is 40.9 Å². The number of carbonyl (C=O) groups excluding carboxylic acids is 12. The van der Waals surface area contributed by atoms with Crippen molar-refractivity contribution < 1.29 is 80.2 Å². The Bertz CT molecular complexity index is 3190. The molecule has 610 valence electrons. The molecule has 0 aromatic heterocycles. The maximum absolute atomic E-state index is 15.9. The van der Waals surface area contributed by atoms with Crippen molar-refractivity contribution in [1.82, 2.24) is 60.0 Å². The Kier molecular flexibility index (Phi) is 31.7. The molecule has 10 aliphatic rings. The maximum Gasteiger partial charge on any atom is 0.394 e. The number of hydrogen-bond acceptors (Lipinski definition) is 14. The molecule has 6 saturated heterocycles. The van der Waals surface area contributed by atoms with Gasteiger partial charge in [0.2, 0.25) is 70.9 Å². The Balaban J connectivity index is 1.38. The van der Waals surface area contributed by atoms with Gasteiger partial charge in [0.25, 0.3) is 0 Å². The van der Waals surface area contributed by atoms with E-state index in [4.69, 9.17) is 9.47 Å². The van der Waals surface area contributed by atoms with Crippen molar-refractivity contribution in [2.45, 2.75) is 281 Å². The van der Waals surface area contributed by atoms with Crippen LogP contribution in [0, 0.1) is 40.9 Å². The standard InChI is InChI=1S/C79H129F3N12O14/c1-17-49(5)66-74(104)88(11)46-65(97)90(13)58-30-26-23-27-39-93(73(58)103)61-40-51-33-31-50(32-34-51)28-24-21-22-25-29-57(68(98)84-66)89(12)64(96)43-60(71(101)86(8)9)91(14)75(105)67(53(18-2)19-3)92(15)76(106)78(47-77(6,7)48-78)85-69(99)59-42-54(108-20-4)44-94(59)70(100)56(83-63(95)45-87(10)72(61)102)38-36-52-35-37-55(79(80,81)82)62(41-52)107-16/h23,26,49-62,66-67H,17-22,24-25,27-48H2,1-16H3,(H,83,95)(H,84,98)(H,85,99)/b26-23-/t49-,50?,51?,52?,54+,55?,56-,57-,58-,59-,60-,61-,62?,66-,67-/m0/s1. The summed E-state index contributed by atoms with van der Waals surface area (Å²) in [7, 11) is 12.9. The van der Waals surface area contributed by atoms with Crippen molar-refractivity contribution in [3.63, 3.8) is 0 Å². The Morgan fingerprint density at radius 3 is 1.86 bits per heavy atom. The molecular formula is C79H129F3N12O14. The van der Waals surface area contributed by atoms with E-state index in [2.05, 4.69) is 16.0 Å². The summed E-state index contributed by atoms with van der Waals surface area (Å²) in [6, 6.07) is -10.2. The molecular weight excluding hydrogens is 1400 g/mol. The molecule has 3 unspecified atom stereocenters. The van der Waals surface area contributed by atoms with Gasteiger partial charge in [-0.15, -0.1) is 0 Å². The van der Waals surface area contributed by atoms with Gasteiger partial charge >= 0.3 is 6.18 Å². The fourth-order valence-corrected chi connectivity index (χ4v) is 18.4. The molecule has 108 heavy (non-hydrogen) atoms. The Labute approximate surface area is 639 Å². The molecule has 13 atom stereocenters. The smallest absolute Gasteiger partial charge is 0.381 e. The molecule has 10 rings (SSSR count). The van der Waals surface area contributed by atoms with Crippen molar-refractivity contribution >= 4 is 70.9 Å². The van der Waals surface area contributed by atoms with Gasteiger partial charge in [-0.3, -0.25) is 57.5 Å². The van der Waals surface area contributed by atoms with Gasteiger partial charge in [0.05, 0.1) is 37.6 Å². The van der Waals surface area contributed by atoms with Crippen molar-refractivity contribution in [2.75, 3.05) is 96.3 Å². The van der Waals surface area contributed by atoms with Crippen LogP contribution in [0.5, 0.6) is 0 Å². The second-order valence-corrected chi connectivity index (χ2v) is 33.5. The van der Waals surface area contributed by atoms with Crippen LogP contribution in [0.3, 0.4) is 0 Å². The summed E-state index contributed by atoms with van der Waals surface area (Å²) in [5.74, 6) is -10.6. The van der Waals surface area contributed by atoms with E-state index in [1.165, 1.54) is 108 Å². The fraction of sp³-hybridized carbons (Fsp3) is 0.823. The van der Waals surface area contributed by atoms with Gasteiger partial charge in [-0.2, -0.15) is 13.2 Å². The highest BCUT2D eigenvalue weighted by Crippen LogP contribution is 2.50. The highest BCUT2D eigenvalue weighted by Gasteiger charge is 2.59. The molecule has 3 aliphatic carbocycles. The molecule has 0 radical (unpaired) electrons. The average Bonchev–Trinajstić information content (AvgIpc) is 0.921. The normalized spacial score (nSPS) is 31.6. The van der Waals surface area contributed by atoms with Gasteiger partial charge in [0, 0.05) is 89.6 Å². The summed E-state index contributed by atoms with van der Waals surface area (Å²) in [6.07, 6.45) is 5.66. The van der Waals surface area contributed by atoms with Gasteiger partial charge in [-0.05, 0) is 113 Å². The molecule has 0 aromatic rings. The molecule has 7 aliphatic heterocycles. The van der Waals surface area contributed by atoms with E-state index in [9.17, 15) is 27.6 Å². The largest absolute Gasteiger partial charge is 0.394 e. The number of nitrogens with zero attached hydrogens (tertiary/aromatic N) is 9. The zero-order chi connectivity index (χ0) is 80.0. The summed E-state index contributed by atoms with van der Waals surface area (Å²) in [4.78, 5) is 195. The second kappa shape index (κ2) is 38.8. The number of carbonyl (C=O) groups is 12. The van der Waals surface area contributed by atoms with Gasteiger partial charge in [0.1, 0.15) is 53.9 Å². The maximum atomic E-state index is 15.9. The summed E-state index contributed by atoms with van der Waals surface area (Å²) in [6.45, 7) is 12.0. The van der Waals surface area contributed by atoms with Crippen LogP contribution in [-0.2, 0) is 67.0 Å². The number of amides is 12. The molecule has 6 bridgehead atoms. The van der Waals surface area contributed by atoms with E-state index in [1.807, 2.05) is 40.7 Å². The van der Waals surface area contributed by atoms with Gasteiger partial charge in [-0.1, -0.05) is 131 Å². The average molecular weight is 1530 g/mol. The van der Waals surface area contributed by atoms with Crippen LogP contribution in [0.4, 0.5) is 13.2 Å². The van der Waals surface area contributed by atoms with Crippen LogP contribution in [0.15, 0.2) is 12.2 Å². The van der Waals surface area contributed by atoms with E-state index in [0.29, 0.717) is 44.4 Å². The minimum atomic E-state index is -4.52. The number of alkyl halides is 3. The van der Waals surface area contributed by atoms with Crippen LogP contribution in [0.1, 0.15) is 209 Å². The van der Waals surface area contributed by atoms with Crippen LogP contribution < -0.4 is 16.0 Å². The van der Waals surface area contributed by atoms with Gasteiger partial charge in [-0.25, -0.2) is 0 Å². The lowest BCUT2D eigenvalue weighted by Crippen LogP contribution is -2.71. The lowest BCUT2D eigenvalue weighted by atomic mass is 9.58. The number of methoxy groups -OCH3 is 1. The summed E-state index contributed by atoms with van der Waals surface area (Å²) >= 11 is 0. The predicted octanol–water partition coefficient (Wildman–Crippen LogP) is 6.71. The summed E-state index contributed by atoms with van der Waals surface area (Å²) in [5, 5.41) is 8.97. The first kappa shape index (κ1) is 88.3. The van der Waals surface area contributed by atoms with E-state index >= 15 is 43.2 Å². The van der Waals surface area contributed by atoms with Crippen molar-refractivity contribution in [1.29, 1.82) is 0 Å². The van der Waals surface area contributed by atoms with Crippen LogP contribution in [-0.4, -0.2) is 284 Å². The zero-order valence-electron chi connectivity index (χ0n) is 67.5. The number of nitrogens with one attached hydrogen (secondary N) is 3. The van der Waals surface area contributed by atoms with Crippen LogP contribution >= 0.6 is 0 Å². The minimum Gasteiger partial charge on any atom is -0.381 e. The minimum absolute atomic E-state index is 0.0105. The van der Waals surface area contributed by atoms with E-state index < -0.39 is 186 Å². The zero-order valence-corrected chi connectivity index (χ0v) is 67.5. The Morgan fingerprint density at radius 1 is 0.630 bits per heavy atom. The first-order valence-electron chi connectivity index (χ1n) is 40.0. The third-order valence-corrected chi connectivity index (χ3v) is 25.1. The van der Waals surface area contributed by atoms with Crippen LogP contribution in [0.25, 0.3) is 0 Å². The third kappa shape index (κ3) is 21.6. The molecule has 9 fully saturated rings. The predicted molar refractivity (Wildman–Crippen MR) is 400 cm³/mol. The molecule has 26 nitrogen and oxygen atoms in total. The SMILES string of the molecule is CCO[C@@H]1C[C@H]2C(=O)NC3(CC(C)(C)C3)C(=O)N(C)[C@@H](C(CC)CC)C(=O)N(C)[C@H](C(=O)N(C)C)CC(=O)N(C)[C@H]3CCCCCCC4CCC(CC4)C[C@@H](C(=O)N(C)CC(=O)N[C@@H](CCC4CCC(C(F)(F)F)C(OC)C4)C(=O)N2C1)N1CC/C=C\C[C@@H](C1=O)N(C)C(=O)CN(C)C(=O)[C@H]([C@@H](C)CC)NC3=O. The second-order valence-electron chi connectivity index (χ2n) is 33.5. The number of hydrogen-bond donors (Lipinski definition) is 3. The van der Waals surface area contributed by atoms with Gasteiger partial charge in [0.15, 0.2) is 0 Å². The number of rotatable bonds is 12. The number of likely N-dealkylation sites (N-methyl/N-ethyl adjacent to an activating group) is 7. The van der Waals surface area contributed by atoms with Gasteiger partial charge < -0.3 is 69.5 Å².